The molecule has 2 heterocycles. The molecule has 0 spiro atoms. The fourth-order valence-corrected chi connectivity index (χ4v) is 11.6. The fourth-order valence-electron chi connectivity index (χ4n) is 11.6. The molecule has 10 aromatic carbocycles. The molecule has 8 N–H and O–H groups in total. The van der Waals surface area contributed by atoms with E-state index in [1.165, 1.54) is 12.1 Å². The van der Waals surface area contributed by atoms with Crippen LogP contribution in [-0.2, 0) is 0 Å². The number of aryl methyl sites for hydroxylation is 15. The Bertz CT molecular complexity index is 5130. The molecule has 0 aliphatic rings. The number of rotatable bonds is 20. The summed E-state index contributed by atoms with van der Waals surface area (Å²) in [6.07, 6.45) is 1.92. The molecule has 30 heteroatoms. The predicted molar refractivity (Wildman–Crippen MR) is 454 cm³/mol. The molecule has 0 radical (unpaired) electrons. The third-order valence-corrected chi connectivity index (χ3v) is 16.7. The minimum absolute atomic E-state index is 0. The quantitative estimate of drug-likeness (QED) is 0.00930. The first-order valence-corrected chi connectivity index (χ1v) is 37.4. The zero-order chi connectivity index (χ0) is 82.0. The van der Waals surface area contributed by atoms with Crippen molar-refractivity contribution in [1.82, 2.24) is 41.2 Å². The number of aromatic hydroxyl groups is 1. The van der Waals surface area contributed by atoms with Gasteiger partial charge in [0.1, 0.15) is 86.2 Å². The molecule has 26 nitrogen and oxygen atoms in total. The van der Waals surface area contributed by atoms with Crippen molar-refractivity contribution < 1.29 is 54.1 Å². The van der Waals surface area contributed by atoms with Crippen molar-refractivity contribution in [3.63, 3.8) is 0 Å². The van der Waals surface area contributed by atoms with Gasteiger partial charge in [-0.3, -0.25) is 15.4 Å². The maximum absolute atomic E-state index is 10.8. The van der Waals surface area contributed by atoms with Crippen LogP contribution in [0.2, 0.25) is 0 Å². The number of H-pyrrole nitrogens is 2. The standard InChI is InChI=1S/C17H19N5O2.C17H18N2O2.C16H17N5O2.C16H17NO4.C16H19NO2.BBr3.H2/c1-10-9-14(5-6-15(10)23-4)24-16-11(2)7-13(8-12(16)3)18-17-19-21-22-20-17;1-11-9-15(5-6-16(11)20-4)21-17-12(2)7-14(19-10-18)8-13(17)3;1-9-8-13(4-5-14(9)22)23-15-10(2)6-12(7-11(15)3)17-16-18-20-21-19-16;1-10-9-14(5-6-15(10)20-4)21-16-11(2)7-13(17(18)19)8-12(16)3;1-10-9-14(5-6-15(10)18-4)19-16-11(2)7-13(17)8-12(16)3;2-1(3)4;/h5-9H,1-4H3,(H2,18,19,20,21,22);5-9,19H,1-4H3;4-8,22H,1-3H3,(H2,17,18,19,20,21);5-9H,1-4H3;5-9H,17H2,1-4H3;;1H. The number of hydrogen-bond donors (Lipinski definition) is 7. The minimum Gasteiger partial charge on any atom is -0.508 e. The molecule has 2 aromatic heterocycles. The molecule has 0 atom stereocenters. The lowest BCUT2D eigenvalue weighted by Gasteiger charge is -2.15. The van der Waals surface area contributed by atoms with Crippen molar-refractivity contribution in [2.24, 2.45) is 0 Å². The van der Waals surface area contributed by atoms with Crippen LogP contribution in [0.4, 0.5) is 40.3 Å². The summed E-state index contributed by atoms with van der Waals surface area (Å²) < 4.78 is 51.1. The van der Waals surface area contributed by atoms with Crippen LogP contribution in [0.3, 0.4) is 0 Å². The number of nitrogens with zero attached hydrogens (tertiary/aromatic N) is 8. The van der Waals surface area contributed by atoms with Crippen molar-refractivity contribution in [2.75, 3.05) is 50.1 Å². The Morgan fingerprint density at radius 1 is 0.420 bits per heavy atom. The van der Waals surface area contributed by atoms with Crippen LogP contribution in [0.15, 0.2) is 152 Å². The number of anilines is 6. The van der Waals surface area contributed by atoms with E-state index in [9.17, 15) is 15.2 Å². The Kier molecular flexibility index (Phi) is 32.4. The molecule has 12 rings (SSSR count). The number of halogens is 3. The summed E-state index contributed by atoms with van der Waals surface area (Å²) in [6.45, 7) is 29.2. The summed E-state index contributed by atoms with van der Waals surface area (Å²) >= 11 is 9.31. The highest BCUT2D eigenvalue weighted by Gasteiger charge is 2.18. The fraction of sp³-hybridized carbons (Fsp3) is 0.232. The van der Waals surface area contributed by atoms with E-state index in [0.29, 0.717) is 29.1 Å². The van der Waals surface area contributed by atoms with E-state index < -0.39 is 4.92 Å². The number of aromatic amines is 2. The maximum atomic E-state index is 10.8. The first kappa shape index (κ1) is 87.2. The van der Waals surface area contributed by atoms with Crippen molar-refractivity contribution in [2.45, 2.75) is 104 Å². The van der Waals surface area contributed by atoms with E-state index in [0.717, 1.165) is 169 Å². The van der Waals surface area contributed by atoms with Gasteiger partial charge in [-0.15, -0.1) is 57.5 Å². The number of nitriles is 1. The zero-order valence-corrected chi connectivity index (χ0v) is 70.5. The molecule has 0 fully saturated rings. The Morgan fingerprint density at radius 2 is 0.679 bits per heavy atom. The van der Waals surface area contributed by atoms with E-state index >= 15 is 0 Å². The highest BCUT2D eigenvalue weighted by Crippen LogP contribution is 2.40. The number of methoxy groups -OCH3 is 4. The number of nitrogens with one attached hydrogen (secondary N) is 5. The summed E-state index contributed by atoms with van der Waals surface area (Å²) in [7, 11) is 6.59. The van der Waals surface area contributed by atoms with Gasteiger partial charge in [0, 0.05) is 36.3 Å². The molecule has 112 heavy (non-hydrogen) atoms. The second-order valence-corrected chi connectivity index (χ2v) is 32.1. The summed E-state index contributed by atoms with van der Waals surface area (Å²) in [4.78, 5) is 10.4. The molecular formula is C82H92BBr3N14O12. The van der Waals surface area contributed by atoms with Gasteiger partial charge in [0.2, 0.25) is 0 Å². The highest BCUT2D eigenvalue weighted by atomic mass is 79.9. The van der Waals surface area contributed by atoms with E-state index in [2.05, 4.69) is 104 Å². The number of non-ortho nitro benzene ring substituents is 1. The van der Waals surface area contributed by atoms with Crippen LogP contribution >= 0.6 is 47.3 Å². The van der Waals surface area contributed by atoms with Gasteiger partial charge >= 0.3 is 3.18 Å². The van der Waals surface area contributed by atoms with Crippen molar-refractivity contribution in [3.05, 3.63) is 245 Å². The first-order valence-electron chi connectivity index (χ1n) is 34.6. The van der Waals surface area contributed by atoms with Gasteiger partial charge in [-0.25, -0.2) is 0 Å². The Balaban J connectivity index is 0.000000217. The Morgan fingerprint density at radius 3 is 0.920 bits per heavy atom. The number of hydrogen-bond acceptors (Lipinski definition) is 23. The van der Waals surface area contributed by atoms with Crippen LogP contribution in [-0.4, -0.2) is 82.9 Å². The zero-order valence-electron chi connectivity index (χ0n) is 65.7. The topological polar surface area (TPSA) is 341 Å². The lowest BCUT2D eigenvalue weighted by atomic mass is 10.1. The maximum Gasteiger partial charge on any atom is 0.369 e. The number of phenols is 1. The molecule has 0 aliphatic carbocycles. The largest absolute Gasteiger partial charge is 0.508 e. The van der Waals surface area contributed by atoms with Crippen LogP contribution in [0.5, 0.6) is 86.2 Å². The number of tetrazole rings is 2. The second-order valence-electron chi connectivity index (χ2n) is 25.7. The monoisotopic (exact) mass is 1710 g/mol. The lowest BCUT2D eigenvalue weighted by Crippen LogP contribution is -1.97. The van der Waals surface area contributed by atoms with E-state index in [4.69, 9.17) is 53.6 Å². The van der Waals surface area contributed by atoms with E-state index in [-0.39, 0.29) is 16.0 Å². The van der Waals surface area contributed by atoms with Gasteiger partial charge < -0.3 is 64.1 Å². The number of aromatic nitrogens is 8. The van der Waals surface area contributed by atoms with Crippen molar-refractivity contribution >= 4 is 90.8 Å². The second kappa shape index (κ2) is 41.7. The Hall–Kier alpha value is -12.1. The van der Waals surface area contributed by atoms with Gasteiger partial charge in [-0.2, -0.15) is 15.7 Å². The number of phenolic OH excluding ortho intramolecular Hbond substituents is 1. The summed E-state index contributed by atoms with van der Waals surface area (Å²) in [5, 5.41) is 65.3. The molecule has 586 valence electrons. The van der Waals surface area contributed by atoms with Gasteiger partial charge in [-0.1, -0.05) is 10.2 Å². The summed E-state index contributed by atoms with van der Waals surface area (Å²) in [6, 6.07) is 46.5. The number of nitro benzene ring substituents is 1. The van der Waals surface area contributed by atoms with Gasteiger partial charge in [0.25, 0.3) is 17.6 Å². The third kappa shape index (κ3) is 25.5. The Labute approximate surface area is 678 Å². The molecule has 0 saturated carbocycles. The highest BCUT2D eigenvalue weighted by molar-refractivity contribution is 9.69. The molecule has 12 aromatic rings. The third-order valence-electron chi connectivity index (χ3n) is 16.7. The first-order chi connectivity index (χ1) is 53.3. The molecule has 0 aliphatic heterocycles. The van der Waals surface area contributed by atoms with E-state index in [1.54, 1.807) is 60.5 Å². The molecule has 0 bridgehead atoms. The van der Waals surface area contributed by atoms with Crippen LogP contribution in [0.25, 0.3) is 0 Å². The summed E-state index contributed by atoms with van der Waals surface area (Å²) in [5.74, 6) is 12.0. The molecule has 0 amide bonds. The van der Waals surface area contributed by atoms with Crippen LogP contribution in [0, 0.1) is 125 Å². The van der Waals surface area contributed by atoms with Gasteiger partial charge in [0.15, 0.2) is 6.19 Å². The predicted octanol–water partition coefficient (Wildman–Crippen LogP) is 22.1. The smallest absolute Gasteiger partial charge is 0.369 e. The number of nitro groups is 1. The summed E-state index contributed by atoms with van der Waals surface area (Å²) in [5.41, 5.74) is 23.4. The van der Waals surface area contributed by atoms with Crippen LogP contribution < -0.4 is 64.3 Å². The molecular weight excluding hydrogens is 1620 g/mol. The lowest BCUT2D eigenvalue weighted by molar-refractivity contribution is -0.385. The number of nitrogens with two attached hydrogens (primary N) is 1. The SMILES string of the molecule is BrB(Br)Br.COc1ccc(Oc2c(C)cc(N)cc2C)cc1C.COc1ccc(Oc2c(C)cc(NC#N)cc2C)cc1C.COc1ccc(Oc2c(C)cc(Nc3nn[nH]n3)cc2C)cc1C.COc1ccc(Oc2c(C)cc([N+](=O)[O-])cc2C)cc1C.Cc1cc(Oc2c(C)cc(Nc3nn[nH]n3)cc2C)ccc1O.[HH]. The number of nitrogen functional groups attached to an aromatic ring is 1. The van der Waals surface area contributed by atoms with Crippen LogP contribution in [0.1, 0.15) is 84.9 Å². The average molecular weight is 1720 g/mol. The molecule has 0 unspecified atom stereocenters. The average Bonchev–Trinajstić information content (AvgIpc) is 0.947. The van der Waals surface area contributed by atoms with Gasteiger partial charge in [0.05, 0.1) is 33.4 Å². The van der Waals surface area contributed by atoms with Crippen molar-refractivity contribution in [3.8, 4) is 92.4 Å². The normalized spacial score (nSPS) is 10.2. The van der Waals surface area contributed by atoms with Crippen molar-refractivity contribution in [1.29, 1.82) is 5.26 Å². The molecule has 0 saturated heterocycles. The number of ether oxygens (including phenoxy) is 9. The van der Waals surface area contributed by atoms with E-state index in [1.807, 2.05) is 218 Å². The number of benzene rings is 10. The van der Waals surface area contributed by atoms with Gasteiger partial charge in [-0.05, 0) is 337 Å². The minimum atomic E-state index is -0.401.